The average molecular weight is 284 g/mol. The second kappa shape index (κ2) is 5.19. The molecule has 1 aliphatic carbocycles. The molecule has 2 atom stereocenters. The fourth-order valence-electron chi connectivity index (χ4n) is 2.32. The van der Waals surface area contributed by atoms with Crippen LogP contribution in [0.5, 0.6) is 5.75 Å². The quantitative estimate of drug-likeness (QED) is 0.891. The lowest BCUT2D eigenvalue weighted by Crippen LogP contribution is -2.25. The minimum atomic E-state index is 0.304. The van der Waals surface area contributed by atoms with E-state index in [2.05, 4.69) is 28.2 Å². The molecule has 2 rings (SSSR count). The first-order valence-electron chi connectivity index (χ1n) is 5.86. The molecule has 1 fully saturated rings. The van der Waals surface area contributed by atoms with Crippen molar-refractivity contribution in [2.45, 2.75) is 38.8 Å². The van der Waals surface area contributed by atoms with Gasteiger partial charge in [-0.1, -0.05) is 13.0 Å². The van der Waals surface area contributed by atoms with Gasteiger partial charge in [-0.05, 0) is 58.8 Å². The largest absolute Gasteiger partial charge is 0.507 e. The molecule has 3 heteroatoms. The predicted molar refractivity (Wildman–Crippen MR) is 69.4 cm³/mol. The van der Waals surface area contributed by atoms with Crippen LogP contribution in [-0.4, -0.2) is 11.1 Å². The molecule has 0 aliphatic heterocycles. The van der Waals surface area contributed by atoms with E-state index in [4.69, 9.17) is 0 Å². The molecular formula is C13H18BrNO. The number of halogens is 1. The van der Waals surface area contributed by atoms with Crippen molar-refractivity contribution >= 4 is 15.9 Å². The zero-order chi connectivity index (χ0) is 11.5. The number of phenolic OH excluding ortho intramolecular Hbond substituents is 1. The molecule has 0 saturated heterocycles. The van der Waals surface area contributed by atoms with Crippen LogP contribution in [0.3, 0.4) is 0 Å². The zero-order valence-electron chi connectivity index (χ0n) is 9.54. The Morgan fingerprint density at radius 2 is 2.25 bits per heavy atom. The summed E-state index contributed by atoms with van der Waals surface area (Å²) >= 11 is 3.33. The Hall–Kier alpha value is -0.540. The highest BCUT2D eigenvalue weighted by molar-refractivity contribution is 9.10. The molecule has 2 nitrogen and oxygen atoms in total. The third-order valence-electron chi connectivity index (χ3n) is 3.30. The maximum Gasteiger partial charge on any atom is 0.129 e. The molecule has 0 bridgehead atoms. The van der Waals surface area contributed by atoms with Crippen LogP contribution < -0.4 is 5.32 Å². The number of hydrogen-bond donors (Lipinski definition) is 2. The van der Waals surface area contributed by atoms with Gasteiger partial charge in [-0.3, -0.25) is 0 Å². The van der Waals surface area contributed by atoms with Crippen molar-refractivity contribution < 1.29 is 5.11 Å². The Morgan fingerprint density at radius 3 is 2.88 bits per heavy atom. The zero-order valence-corrected chi connectivity index (χ0v) is 11.1. The Bertz CT molecular complexity index is 367. The van der Waals surface area contributed by atoms with Gasteiger partial charge in [0, 0.05) is 12.6 Å². The third-order valence-corrected chi connectivity index (χ3v) is 3.94. The summed E-state index contributed by atoms with van der Waals surface area (Å²) in [6.45, 7) is 3.20. The molecule has 0 radical (unpaired) electrons. The van der Waals surface area contributed by atoms with E-state index in [1.807, 2.05) is 12.1 Å². The summed E-state index contributed by atoms with van der Waals surface area (Å²) in [5.41, 5.74) is 1.21. The van der Waals surface area contributed by atoms with Crippen LogP contribution in [0.2, 0.25) is 0 Å². The summed E-state index contributed by atoms with van der Waals surface area (Å²) in [6.07, 6.45) is 3.93. The van der Waals surface area contributed by atoms with Crippen LogP contribution in [0.4, 0.5) is 0 Å². The van der Waals surface area contributed by atoms with Gasteiger partial charge in [0.15, 0.2) is 0 Å². The summed E-state index contributed by atoms with van der Waals surface area (Å²) in [4.78, 5) is 0. The lowest BCUT2D eigenvalue weighted by molar-refractivity contribution is 0.470. The molecule has 1 saturated carbocycles. The van der Waals surface area contributed by atoms with Crippen LogP contribution in [0.25, 0.3) is 0 Å². The summed E-state index contributed by atoms with van der Waals surface area (Å²) < 4.78 is 0.770. The maximum absolute atomic E-state index is 9.39. The number of nitrogens with one attached hydrogen (secondary N) is 1. The van der Waals surface area contributed by atoms with E-state index in [-0.39, 0.29) is 0 Å². The highest BCUT2D eigenvalue weighted by Gasteiger charge is 2.20. The topological polar surface area (TPSA) is 32.3 Å². The third kappa shape index (κ3) is 2.98. The van der Waals surface area contributed by atoms with E-state index in [0.29, 0.717) is 11.8 Å². The molecule has 0 spiro atoms. The van der Waals surface area contributed by atoms with E-state index >= 15 is 0 Å². The lowest BCUT2D eigenvalue weighted by atomic mass is 10.1. The van der Waals surface area contributed by atoms with Crippen molar-refractivity contribution in [3.8, 4) is 5.75 Å². The SMILES string of the molecule is CC1CCC(NCc2ccc(O)c(Br)c2)C1. The van der Waals surface area contributed by atoms with E-state index in [0.717, 1.165) is 16.9 Å². The Morgan fingerprint density at radius 1 is 1.44 bits per heavy atom. The molecule has 2 N–H and O–H groups in total. The van der Waals surface area contributed by atoms with Gasteiger partial charge in [0.05, 0.1) is 4.47 Å². The molecule has 1 aliphatic rings. The second-order valence-electron chi connectivity index (χ2n) is 4.78. The number of aromatic hydroxyl groups is 1. The second-order valence-corrected chi connectivity index (χ2v) is 5.64. The van der Waals surface area contributed by atoms with Gasteiger partial charge in [-0.2, -0.15) is 0 Å². The molecule has 1 aromatic carbocycles. The molecule has 16 heavy (non-hydrogen) atoms. The minimum Gasteiger partial charge on any atom is -0.507 e. The van der Waals surface area contributed by atoms with E-state index < -0.39 is 0 Å². The lowest BCUT2D eigenvalue weighted by Gasteiger charge is -2.12. The van der Waals surface area contributed by atoms with E-state index in [1.54, 1.807) is 6.07 Å². The highest BCUT2D eigenvalue weighted by atomic mass is 79.9. The van der Waals surface area contributed by atoms with Gasteiger partial charge in [0.25, 0.3) is 0 Å². The molecule has 0 heterocycles. The van der Waals surface area contributed by atoms with Crippen LogP contribution in [-0.2, 0) is 6.54 Å². The van der Waals surface area contributed by atoms with Crippen molar-refractivity contribution in [3.63, 3.8) is 0 Å². The summed E-state index contributed by atoms with van der Waals surface area (Å²) in [6, 6.07) is 6.34. The number of phenols is 1. The molecule has 0 amide bonds. The summed E-state index contributed by atoms with van der Waals surface area (Å²) in [7, 11) is 0. The maximum atomic E-state index is 9.39. The van der Waals surface area contributed by atoms with Crippen LogP contribution in [0, 0.1) is 5.92 Å². The van der Waals surface area contributed by atoms with Crippen molar-refractivity contribution in [1.29, 1.82) is 0 Å². The molecular weight excluding hydrogens is 266 g/mol. The van der Waals surface area contributed by atoms with Gasteiger partial charge >= 0.3 is 0 Å². The predicted octanol–water partition coefficient (Wildman–Crippen LogP) is 3.43. The highest BCUT2D eigenvalue weighted by Crippen LogP contribution is 2.26. The molecule has 2 unspecified atom stereocenters. The van der Waals surface area contributed by atoms with Gasteiger partial charge in [-0.25, -0.2) is 0 Å². The van der Waals surface area contributed by atoms with E-state index in [1.165, 1.54) is 24.8 Å². The van der Waals surface area contributed by atoms with E-state index in [9.17, 15) is 5.11 Å². The summed E-state index contributed by atoms with van der Waals surface area (Å²) in [5.74, 6) is 1.17. The Balaban J connectivity index is 1.87. The van der Waals surface area contributed by atoms with Crippen molar-refractivity contribution in [2.75, 3.05) is 0 Å². The smallest absolute Gasteiger partial charge is 0.129 e. The van der Waals surface area contributed by atoms with Crippen LogP contribution >= 0.6 is 15.9 Å². The van der Waals surface area contributed by atoms with Crippen molar-refractivity contribution in [3.05, 3.63) is 28.2 Å². The van der Waals surface area contributed by atoms with Crippen molar-refractivity contribution in [2.24, 2.45) is 5.92 Å². The van der Waals surface area contributed by atoms with Crippen molar-refractivity contribution in [1.82, 2.24) is 5.32 Å². The first-order valence-corrected chi connectivity index (χ1v) is 6.65. The molecule has 88 valence electrons. The Labute approximate surface area is 105 Å². The fraction of sp³-hybridized carbons (Fsp3) is 0.538. The number of hydrogen-bond acceptors (Lipinski definition) is 2. The Kier molecular flexibility index (Phi) is 3.87. The number of rotatable bonds is 3. The fourth-order valence-corrected chi connectivity index (χ4v) is 2.74. The van der Waals surface area contributed by atoms with Crippen LogP contribution in [0.1, 0.15) is 31.7 Å². The number of benzene rings is 1. The standard InChI is InChI=1S/C13H18BrNO/c1-9-2-4-11(6-9)15-8-10-3-5-13(16)12(14)7-10/h3,5,7,9,11,15-16H,2,4,6,8H2,1H3. The van der Waals surface area contributed by atoms with Gasteiger partial charge in [-0.15, -0.1) is 0 Å². The first kappa shape index (κ1) is 11.9. The van der Waals surface area contributed by atoms with Gasteiger partial charge in [0.1, 0.15) is 5.75 Å². The normalized spacial score (nSPS) is 24.9. The van der Waals surface area contributed by atoms with Gasteiger partial charge < -0.3 is 10.4 Å². The summed E-state index contributed by atoms with van der Waals surface area (Å²) in [5, 5.41) is 13.0. The monoisotopic (exact) mass is 283 g/mol. The molecule has 0 aromatic heterocycles. The minimum absolute atomic E-state index is 0.304. The molecule has 1 aromatic rings. The average Bonchev–Trinajstić information content (AvgIpc) is 2.66. The van der Waals surface area contributed by atoms with Crippen LogP contribution in [0.15, 0.2) is 22.7 Å². The van der Waals surface area contributed by atoms with Gasteiger partial charge in [0.2, 0.25) is 0 Å². The first-order chi connectivity index (χ1) is 7.65.